The molecular weight excluding hydrogens is 234 g/mol. The molecule has 0 heterocycles. The molecule has 1 atom stereocenters. The highest BCUT2D eigenvalue weighted by atomic mass is 16.2. The van der Waals surface area contributed by atoms with Gasteiger partial charge in [0.25, 0.3) is 5.91 Å². The van der Waals surface area contributed by atoms with E-state index in [0.29, 0.717) is 5.92 Å². The number of carbonyl (C=O) groups is 1. The standard InChI is InChI=1S/C17H27NO/c1-5-6-7-8-11-14(2)15-12-9-10-13-16(15)17(19)18(3)4/h9-10,12-14H,5-8,11H2,1-4H3. The highest BCUT2D eigenvalue weighted by Gasteiger charge is 2.16. The number of nitrogens with zero attached hydrogens (tertiary/aromatic N) is 1. The van der Waals surface area contributed by atoms with E-state index in [2.05, 4.69) is 19.9 Å². The Morgan fingerprint density at radius 3 is 2.47 bits per heavy atom. The Labute approximate surface area is 117 Å². The fraction of sp³-hybridized carbons (Fsp3) is 0.588. The Kier molecular flexibility index (Phi) is 6.61. The Morgan fingerprint density at radius 2 is 1.84 bits per heavy atom. The normalized spacial score (nSPS) is 12.2. The van der Waals surface area contributed by atoms with E-state index in [1.165, 1.54) is 31.2 Å². The molecule has 0 bridgehead atoms. The fourth-order valence-electron chi connectivity index (χ4n) is 2.40. The van der Waals surface area contributed by atoms with Crippen molar-refractivity contribution in [3.05, 3.63) is 35.4 Å². The van der Waals surface area contributed by atoms with Gasteiger partial charge < -0.3 is 4.90 Å². The Hall–Kier alpha value is -1.31. The first-order valence-corrected chi connectivity index (χ1v) is 7.38. The molecule has 0 radical (unpaired) electrons. The lowest BCUT2D eigenvalue weighted by Crippen LogP contribution is -2.23. The van der Waals surface area contributed by atoms with Crippen LogP contribution in [0.25, 0.3) is 0 Å². The highest BCUT2D eigenvalue weighted by molar-refractivity contribution is 5.95. The predicted octanol–water partition coefficient (Wildman–Crippen LogP) is 4.46. The second-order valence-corrected chi connectivity index (χ2v) is 5.54. The van der Waals surface area contributed by atoms with Gasteiger partial charge in [-0.2, -0.15) is 0 Å². The number of hydrogen-bond acceptors (Lipinski definition) is 1. The van der Waals surface area contributed by atoms with E-state index in [4.69, 9.17) is 0 Å². The molecule has 0 aliphatic carbocycles. The lowest BCUT2D eigenvalue weighted by atomic mass is 9.90. The van der Waals surface area contributed by atoms with E-state index in [1.807, 2.05) is 32.3 Å². The summed E-state index contributed by atoms with van der Waals surface area (Å²) in [6, 6.07) is 8.02. The summed E-state index contributed by atoms with van der Waals surface area (Å²) in [5.41, 5.74) is 2.05. The van der Waals surface area contributed by atoms with E-state index in [9.17, 15) is 4.79 Å². The zero-order valence-corrected chi connectivity index (χ0v) is 12.8. The van der Waals surface area contributed by atoms with Crippen molar-refractivity contribution in [2.75, 3.05) is 14.1 Å². The van der Waals surface area contributed by atoms with Crippen LogP contribution in [0.15, 0.2) is 24.3 Å². The molecule has 1 amide bonds. The van der Waals surface area contributed by atoms with E-state index >= 15 is 0 Å². The minimum absolute atomic E-state index is 0.107. The monoisotopic (exact) mass is 261 g/mol. The lowest BCUT2D eigenvalue weighted by molar-refractivity contribution is 0.0826. The molecule has 0 spiro atoms. The molecule has 0 N–H and O–H groups in total. The fourth-order valence-corrected chi connectivity index (χ4v) is 2.40. The minimum atomic E-state index is 0.107. The summed E-state index contributed by atoms with van der Waals surface area (Å²) in [7, 11) is 3.62. The van der Waals surface area contributed by atoms with E-state index in [1.54, 1.807) is 4.90 Å². The summed E-state index contributed by atoms with van der Waals surface area (Å²) < 4.78 is 0. The zero-order valence-electron chi connectivity index (χ0n) is 12.8. The second kappa shape index (κ2) is 7.98. The zero-order chi connectivity index (χ0) is 14.3. The highest BCUT2D eigenvalue weighted by Crippen LogP contribution is 2.25. The van der Waals surface area contributed by atoms with Crippen molar-refractivity contribution in [1.82, 2.24) is 4.90 Å². The summed E-state index contributed by atoms with van der Waals surface area (Å²) in [4.78, 5) is 13.8. The van der Waals surface area contributed by atoms with Crippen LogP contribution in [-0.4, -0.2) is 24.9 Å². The summed E-state index contributed by atoms with van der Waals surface area (Å²) in [6.45, 7) is 4.46. The maximum absolute atomic E-state index is 12.2. The maximum Gasteiger partial charge on any atom is 0.253 e. The van der Waals surface area contributed by atoms with Crippen LogP contribution >= 0.6 is 0 Å². The maximum atomic E-state index is 12.2. The summed E-state index contributed by atoms with van der Waals surface area (Å²) in [5, 5.41) is 0. The molecular formula is C17H27NO. The second-order valence-electron chi connectivity index (χ2n) is 5.54. The van der Waals surface area contributed by atoms with E-state index in [-0.39, 0.29) is 5.91 Å². The van der Waals surface area contributed by atoms with E-state index < -0.39 is 0 Å². The van der Waals surface area contributed by atoms with Crippen molar-refractivity contribution in [2.45, 2.75) is 51.9 Å². The number of hydrogen-bond donors (Lipinski definition) is 0. The van der Waals surface area contributed by atoms with Crippen LogP contribution in [0.5, 0.6) is 0 Å². The first-order chi connectivity index (χ1) is 9.07. The topological polar surface area (TPSA) is 20.3 Å². The Balaban J connectivity index is 2.73. The van der Waals surface area contributed by atoms with Crippen molar-refractivity contribution in [2.24, 2.45) is 0 Å². The van der Waals surface area contributed by atoms with Crippen LogP contribution < -0.4 is 0 Å². The quantitative estimate of drug-likeness (QED) is 0.663. The van der Waals surface area contributed by atoms with Crippen molar-refractivity contribution in [1.29, 1.82) is 0 Å². The Bertz CT molecular complexity index is 398. The molecule has 1 rings (SSSR count). The van der Waals surface area contributed by atoms with Crippen molar-refractivity contribution < 1.29 is 4.79 Å². The van der Waals surface area contributed by atoms with E-state index in [0.717, 1.165) is 12.0 Å². The number of unbranched alkanes of at least 4 members (excludes halogenated alkanes) is 3. The third-order valence-electron chi connectivity index (χ3n) is 3.62. The number of amides is 1. The molecule has 2 nitrogen and oxygen atoms in total. The van der Waals surface area contributed by atoms with Gasteiger partial charge in [-0.1, -0.05) is 57.7 Å². The average molecular weight is 261 g/mol. The van der Waals surface area contributed by atoms with Gasteiger partial charge in [-0.05, 0) is 24.0 Å². The first kappa shape index (κ1) is 15.7. The van der Waals surface area contributed by atoms with Crippen molar-refractivity contribution in [3.8, 4) is 0 Å². The van der Waals surface area contributed by atoms with Gasteiger partial charge in [0.05, 0.1) is 0 Å². The van der Waals surface area contributed by atoms with Gasteiger partial charge in [-0.25, -0.2) is 0 Å². The Morgan fingerprint density at radius 1 is 1.16 bits per heavy atom. The molecule has 1 aromatic rings. The van der Waals surface area contributed by atoms with Crippen LogP contribution in [0.1, 0.15) is 67.8 Å². The van der Waals surface area contributed by atoms with Crippen LogP contribution in [0.3, 0.4) is 0 Å². The number of rotatable bonds is 7. The van der Waals surface area contributed by atoms with Gasteiger partial charge in [0.2, 0.25) is 0 Å². The van der Waals surface area contributed by atoms with Gasteiger partial charge in [-0.15, -0.1) is 0 Å². The predicted molar refractivity (Wildman–Crippen MR) is 81.6 cm³/mol. The molecule has 0 saturated heterocycles. The van der Waals surface area contributed by atoms with Gasteiger partial charge in [0, 0.05) is 19.7 Å². The van der Waals surface area contributed by atoms with Crippen molar-refractivity contribution in [3.63, 3.8) is 0 Å². The molecule has 1 aromatic carbocycles. The van der Waals surface area contributed by atoms with Gasteiger partial charge in [0.1, 0.15) is 0 Å². The molecule has 0 aliphatic heterocycles. The lowest BCUT2D eigenvalue weighted by Gasteiger charge is -2.18. The minimum Gasteiger partial charge on any atom is -0.345 e. The van der Waals surface area contributed by atoms with Gasteiger partial charge in [-0.3, -0.25) is 4.79 Å². The average Bonchev–Trinajstić information content (AvgIpc) is 2.42. The number of benzene rings is 1. The van der Waals surface area contributed by atoms with Gasteiger partial charge in [0.15, 0.2) is 0 Å². The molecule has 106 valence electrons. The third-order valence-corrected chi connectivity index (χ3v) is 3.62. The molecule has 0 aromatic heterocycles. The molecule has 0 saturated carbocycles. The van der Waals surface area contributed by atoms with Crippen LogP contribution in [0, 0.1) is 0 Å². The summed E-state index contributed by atoms with van der Waals surface area (Å²) in [6.07, 6.45) is 6.29. The summed E-state index contributed by atoms with van der Waals surface area (Å²) in [5.74, 6) is 0.563. The molecule has 1 unspecified atom stereocenters. The largest absolute Gasteiger partial charge is 0.345 e. The van der Waals surface area contributed by atoms with Crippen LogP contribution in [0.2, 0.25) is 0 Å². The van der Waals surface area contributed by atoms with Crippen LogP contribution in [-0.2, 0) is 0 Å². The molecule has 19 heavy (non-hydrogen) atoms. The molecule has 2 heteroatoms. The smallest absolute Gasteiger partial charge is 0.253 e. The van der Waals surface area contributed by atoms with Crippen molar-refractivity contribution >= 4 is 5.91 Å². The third kappa shape index (κ3) is 4.70. The first-order valence-electron chi connectivity index (χ1n) is 7.38. The van der Waals surface area contributed by atoms with Gasteiger partial charge >= 0.3 is 0 Å². The van der Waals surface area contributed by atoms with Crippen LogP contribution in [0.4, 0.5) is 0 Å². The molecule has 0 aliphatic rings. The number of carbonyl (C=O) groups excluding carboxylic acids is 1. The SMILES string of the molecule is CCCCCCC(C)c1ccccc1C(=O)N(C)C. The summed E-state index contributed by atoms with van der Waals surface area (Å²) >= 11 is 0. The molecule has 0 fully saturated rings.